The minimum Gasteiger partial charge on any atom is -0.238 e. The summed E-state index contributed by atoms with van der Waals surface area (Å²) in [6.07, 6.45) is -2.65. The number of alkyl halides is 3. The highest BCUT2D eigenvalue weighted by Gasteiger charge is 2.16. The molecule has 0 N–H and O–H groups in total. The van der Waals surface area contributed by atoms with Crippen molar-refractivity contribution < 1.29 is 8.78 Å². The Kier molecular flexibility index (Phi) is 3.78. The lowest BCUT2D eigenvalue weighted by atomic mass is 10.1. The molecule has 1 aromatic heterocycles. The SMILES string of the molecule is N#Cc1cc(C(F)F)c(CBr)nc1Cl. The zero-order valence-corrected chi connectivity index (χ0v) is 9.11. The van der Waals surface area contributed by atoms with Gasteiger partial charge in [-0.05, 0) is 6.07 Å². The van der Waals surface area contributed by atoms with Crippen LogP contribution in [0.5, 0.6) is 0 Å². The van der Waals surface area contributed by atoms with Crippen molar-refractivity contribution in [2.45, 2.75) is 11.8 Å². The average Bonchev–Trinajstić information content (AvgIpc) is 2.16. The molecule has 74 valence electrons. The van der Waals surface area contributed by atoms with E-state index in [2.05, 4.69) is 20.9 Å². The Balaban J connectivity index is 3.34. The van der Waals surface area contributed by atoms with Crippen LogP contribution in [0, 0.1) is 11.3 Å². The van der Waals surface area contributed by atoms with Crippen molar-refractivity contribution in [2.75, 3.05) is 0 Å². The van der Waals surface area contributed by atoms with Gasteiger partial charge in [-0.15, -0.1) is 0 Å². The molecule has 6 heteroatoms. The van der Waals surface area contributed by atoms with Crippen LogP contribution >= 0.6 is 27.5 Å². The van der Waals surface area contributed by atoms with Crippen molar-refractivity contribution in [1.29, 1.82) is 5.26 Å². The second kappa shape index (κ2) is 4.67. The minimum absolute atomic E-state index is 0.0355. The molecule has 0 saturated carbocycles. The van der Waals surface area contributed by atoms with Crippen LogP contribution in [0.1, 0.15) is 23.2 Å². The van der Waals surface area contributed by atoms with Gasteiger partial charge in [0.25, 0.3) is 6.43 Å². The summed E-state index contributed by atoms with van der Waals surface area (Å²) in [5.74, 6) is 0. The maximum atomic E-state index is 12.4. The van der Waals surface area contributed by atoms with Crippen LogP contribution in [0.4, 0.5) is 8.78 Å². The van der Waals surface area contributed by atoms with Crippen LogP contribution in [0.25, 0.3) is 0 Å². The molecule has 0 radical (unpaired) electrons. The first-order valence-electron chi connectivity index (χ1n) is 3.53. The summed E-state index contributed by atoms with van der Waals surface area (Å²) < 4.78 is 24.9. The smallest absolute Gasteiger partial charge is 0.238 e. The van der Waals surface area contributed by atoms with E-state index in [-0.39, 0.29) is 27.3 Å². The fourth-order valence-corrected chi connectivity index (χ4v) is 1.56. The molecule has 0 spiro atoms. The van der Waals surface area contributed by atoms with E-state index in [4.69, 9.17) is 16.9 Å². The molecule has 0 saturated heterocycles. The largest absolute Gasteiger partial charge is 0.265 e. The first kappa shape index (κ1) is 11.3. The van der Waals surface area contributed by atoms with Crippen molar-refractivity contribution in [3.05, 3.63) is 28.0 Å². The van der Waals surface area contributed by atoms with Crippen LogP contribution in [0.3, 0.4) is 0 Å². The fraction of sp³-hybridized carbons (Fsp3) is 0.250. The van der Waals surface area contributed by atoms with E-state index in [1.807, 2.05) is 0 Å². The molecule has 0 aliphatic carbocycles. The Morgan fingerprint density at radius 1 is 1.64 bits per heavy atom. The predicted octanol–water partition coefficient (Wildman–Crippen LogP) is 3.44. The van der Waals surface area contributed by atoms with Gasteiger partial charge in [-0.1, -0.05) is 27.5 Å². The van der Waals surface area contributed by atoms with E-state index in [0.717, 1.165) is 6.07 Å². The summed E-state index contributed by atoms with van der Waals surface area (Å²) in [5.41, 5.74) is -0.140. The molecule has 1 rings (SSSR count). The van der Waals surface area contributed by atoms with Gasteiger partial charge in [0.15, 0.2) is 0 Å². The monoisotopic (exact) mass is 280 g/mol. The summed E-state index contributed by atoms with van der Waals surface area (Å²) >= 11 is 8.61. The molecular weight excluding hydrogens is 277 g/mol. The topological polar surface area (TPSA) is 36.7 Å². The third-order valence-electron chi connectivity index (χ3n) is 1.57. The summed E-state index contributed by atoms with van der Waals surface area (Å²) in [4.78, 5) is 3.70. The van der Waals surface area contributed by atoms with Crippen molar-refractivity contribution >= 4 is 27.5 Å². The number of nitriles is 1. The zero-order valence-electron chi connectivity index (χ0n) is 6.77. The standard InChI is InChI=1S/C8H4BrClF2N2/c9-2-6-5(8(11)12)1-4(3-13)7(10)14-6/h1,8H,2H2. The van der Waals surface area contributed by atoms with Gasteiger partial charge < -0.3 is 0 Å². The fourth-order valence-electron chi connectivity index (χ4n) is 0.916. The Morgan fingerprint density at radius 2 is 2.29 bits per heavy atom. The molecule has 0 aromatic carbocycles. The number of hydrogen-bond acceptors (Lipinski definition) is 2. The lowest BCUT2D eigenvalue weighted by Gasteiger charge is -2.06. The second-order valence-corrected chi connectivity index (χ2v) is 3.33. The number of pyridine rings is 1. The summed E-state index contributed by atoms with van der Waals surface area (Å²) in [6, 6.07) is 2.76. The highest BCUT2D eigenvalue weighted by atomic mass is 79.9. The Bertz CT molecular complexity index is 390. The highest BCUT2D eigenvalue weighted by molar-refractivity contribution is 9.08. The second-order valence-electron chi connectivity index (χ2n) is 2.41. The van der Waals surface area contributed by atoms with Crippen LogP contribution in [-0.4, -0.2) is 4.98 Å². The average molecular weight is 281 g/mol. The van der Waals surface area contributed by atoms with E-state index in [1.54, 1.807) is 6.07 Å². The zero-order chi connectivity index (χ0) is 10.7. The maximum absolute atomic E-state index is 12.4. The highest BCUT2D eigenvalue weighted by Crippen LogP contribution is 2.27. The summed E-state index contributed by atoms with van der Waals surface area (Å²) in [7, 11) is 0. The predicted molar refractivity (Wildman–Crippen MR) is 51.6 cm³/mol. The third kappa shape index (κ3) is 2.20. The Morgan fingerprint density at radius 3 is 2.71 bits per heavy atom. The Labute approximate surface area is 92.6 Å². The molecule has 2 nitrogen and oxygen atoms in total. The molecule has 0 amide bonds. The van der Waals surface area contributed by atoms with E-state index in [1.165, 1.54) is 0 Å². The van der Waals surface area contributed by atoms with Gasteiger partial charge in [-0.2, -0.15) is 5.26 Å². The van der Waals surface area contributed by atoms with Crippen molar-refractivity contribution in [3.8, 4) is 6.07 Å². The van der Waals surface area contributed by atoms with Crippen molar-refractivity contribution in [3.63, 3.8) is 0 Å². The number of rotatable bonds is 2. The molecule has 0 fully saturated rings. The molecule has 0 bridgehead atoms. The van der Waals surface area contributed by atoms with E-state index >= 15 is 0 Å². The molecule has 0 unspecified atom stereocenters. The third-order valence-corrected chi connectivity index (χ3v) is 2.39. The van der Waals surface area contributed by atoms with E-state index in [0.29, 0.717) is 0 Å². The molecule has 0 atom stereocenters. The summed E-state index contributed by atoms with van der Waals surface area (Å²) in [6.45, 7) is 0. The molecule has 1 aromatic rings. The normalized spacial score (nSPS) is 10.3. The van der Waals surface area contributed by atoms with E-state index in [9.17, 15) is 8.78 Å². The van der Waals surface area contributed by atoms with Crippen molar-refractivity contribution in [1.82, 2.24) is 4.98 Å². The van der Waals surface area contributed by atoms with Gasteiger partial charge in [0.05, 0.1) is 11.3 Å². The van der Waals surface area contributed by atoms with E-state index < -0.39 is 6.43 Å². The number of nitrogens with zero attached hydrogens (tertiary/aromatic N) is 2. The van der Waals surface area contributed by atoms with Crippen molar-refractivity contribution in [2.24, 2.45) is 0 Å². The van der Waals surface area contributed by atoms with Crippen LogP contribution in [-0.2, 0) is 5.33 Å². The quantitative estimate of drug-likeness (QED) is 0.615. The lowest BCUT2D eigenvalue weighted by molar-refractivity contribution is 0.150. The minimum atomic E-state index is -2.65. The van der Waals surface area contributed by atoms with Crippen LogP contribution in [0.15, 0.2) is 6.07 Å². The molecule has 14 heavy (non-hydrogen) atoms. The first-order chi connectivity index (χ1) is 6.60. The summed E-state index contributed by atoms with van der Waals surface area (Å²) in [5, 5.41) is 8.69. The molecular formula is C8H4BrClF2N2. The maximum Gasteiger partial charge on any atom is 0.265 e. The Hall–Kier alpha value is -0.730. The van der Waals surface area contributed by atoms with Gasteiger partial charge >= 0.3 is 0 Å². The van der Waals surface area contributed by atoms with Gasteiger partial charge in [-0.3, -0.25) is 0 Å². The van der Waals surface area contributed by atoms with Gasteiger partial charge in [-0.25, -0.2) is 13.8 Å². The van der Waals surface area contributed by atoms with Gasteiger partial charge in [0.2, 0.25) is 0 Å². The lowest BCUT2D eigenvalue weighted by Crippen LogP contribution is -1.98. The molecule has 0 aliphatic heterocycles. The van der Waals surface area contributed by atoms with Gasteiger partial charge in [0, 0.05) is 10.9 Å². The first-order valence-corrected chi connectivity index (χ1v) is 5.03. The molecule has 1 heterocycles. The number of hydrogen-bond donors (Lipinski definition) is 0. The molecule has 0 aliphatic rings. The number of halogens is 4. The van der Waals surface area contributed by atoms with Crippen LogP contribution < -0.4 is 0 Å². The van der Waals surface area contributed by atoms with Crippen LogP contribution in [0.2, 0.25) is 5.15 Å². The van der Waals surface area contributed by atoms with Gasteiger partial charge in [0.1, 0.15) is 11.2 Å². The number of aromatic nitrogens is 1.